The summed E-state index contributed by atoms with van der Waals surface area (Å²) in [6.45, 7) is 8.40. The molecule has 4 heteroatoms. The van der Waals surface area contributed by atoms with Gasteiger partial charge in [0.2, 0.25) is 5.88 Å². The van der Waals surface area contributed by atoms with Crippen molar-refractivity contribution in [3.63, 3.8) is 0 Å². The number of aromatic nitrogens is 1. The predicted molar refractivity (Wildman–Crippen MR) is 96.4 cm³/mol. The molecule has 0 bridgehead atoms. The Labute approximate surface area is 144 Å². The van der Waals surface area contributed by atoms with Gasteiger partial charge in [0.1, 0.15) is 5.75 Å². The van der Waals surface area contributed by atoms with Crippen LogP contribution in [0.5, 0.6) is 11.6 Å². The van der Waals surface area contributed by atoms with Gasteiger partial charge in [-0.2, -0.15) is 0 Å². The van der Waals surface area contributed by atoms with Crippen molar-refractivity contribution in [1.82, 2.24) is 9.88 Å². The first kappa shape index (κ1) is 18.0. The molecule has 1 heterocycles. The van der Waals surface area contributed by atoms with Crippen LogP contribution in [0.15, 0.2) is 48.7 Å². The fourth-order valence-electron chi connectivity index (χ4n) is 2.60. The van der Waals surface area contributed by atoms with Gasteiger partial charge in [0.05, 0.1) is 0 Å². The van der Waals surface area contributed by atoms with Gasteiger partial charge in [0, 0.05) is 29.9 Å². The number of nitrogens with zero attached hydrogens (tertiary/aromatic N) is 2. The van der Waals surface area contributed by atoms with E-state index in [4.69, 9.17) is 4.74 Å². The molecule has 0 spiro atoms. The Morgan fingerprint density at radius 1 is 1.08 bits per heavy atom. The maximum Gasteiger partial charge on any atom is 0.254 e. The molecule has 2 unspecified atom stereocenters. The van der Waals surface area contributed by atoms with Gasteiger partial charge in [0.15, 0.2) is 0 Å². The summed E-state index contributed by atoms with van der Waals surface area (Å²) in [5, 5.41) is 0. The van der Waals surface area contributed by atoms with Gasteiger partial charge in [0.25, 0.3) is 5.91 Å². The van der Waals surface area contributed by atoms with E-state index in [1.807, 2.05) is 35.2 Å². The number of hydrogen-bond donors (Lipinski definition) is 0. The van der Waals surface area contributed by atoms with Crippen LogP contribution >= 0.6 is 0 Å². The lowest BCUT2D eigenvalue weighted by Crippen LogP contribution is -2.44. The number of amides is 1. The number of pyridine rings is 1. The standard InChI is InChI=1S/C20H26N2O2/c1-5-15(3)22(16(4)6-2)20(23)17-10-9-11-18(14-17)24-19-12-7-8-13-21-19/h7-16H,5-6H2,1-4H3. The minimum atomic E-state index is 0.0465. The highest BCUT2D eigenvalue weighted by molar-refractivity contribution is 5.95. The smallest absolute Gasteiger partial charge is 0.254 e. The van der Waals surface area contributed by atoms with E-state index in [0.29, 0.717) is 17.2 Å². The molecule has 1 aromatic heterocycles. The highest BCUT2D eigenvalue weighted by Gasteiger charge is 2.24. The van der Waals surface area contributed by atoms with Crippen LogP contribution in [0.3, 0.4) is 0 Å². The van der Waals surface area contributed by atoms with Gasteiger partial charge < -0.3 is 9.64 Å². The molecule has 0 N–H and O–H groups in total. The summed E-state index contributed by atoms with van der Waals surface area (Å²) in [4.78, 5) is 19.1. The Morgan fingerprint density at radius 3 is 2.38 bits per heavy atom. The quantitative estimate of drug-likeness (QED) is 0.726. The van der Waals surface area contributed by atoms with Crippen LogP contribution in [0.25, 0.3) is 0 Å². The van der Waals surface area contributed by atoms with E-state index in [0.717, 1.165) is 12.8 Å². The minimum Gasteiger partial charge on any atom is -0.439 e. The van der Waals surface area contributed by atoms with Gasteiger partial charge in [-0.15, -0.1) is 0 Å². The van der Waals surface area contributed by atoms with E-state index in [2.05, 4.69) is 32.7 Å². The molecule has 24 heavy (non-hydrogen) atoms. The maximum absolute atomic E-state index is 13.0. The molecule has 0 saturated heterocycles. The van der Waals surface area contributed by atoms with E-state index in [-0.39, 0.29) is 18.0 Å². The number of ether oxygens (including phenoxy) is 1. The van der Waals surface area contributed by atoms with E-state index < -0.39 is 0 Å². The van der Waals surface area contributed by atoms with Crippen molar-refractivity contribution in [1.29, 1.82) is 0 Å². The summed E-state index contributed by atoms with van der Waals surface area (Å²) in [6, 6.07) is 13.2. The molecule has 1 aromatic carbocycles. The maximum atomic E-state index is 13.0. The average Bonchev–Trinajstić information content (AvgIpc) is 2.62. The lowest BCUT2D eigenvalue weighted by Gasteiger charge is -2.34. The van der Waals surface area contributed by atoms with Crippen molar-refractivity contribution in [2.75, 3.05) is 0 Å². The number of carbonyl (C=O) groups excluding carboxylic acids is 1. The molecule has 0 aliphatic rings. The monoisotopic (exact) mass is 326 g/mol. The van der Waals surface area contributed by atoms with Crippen LogP contribution in [0.1, 0.15) is 50.9 Å². The topological polar surface area (TPSA) is 42.4 Å². The highest BCUT2D eigenvalue weighted by atomic mass is 16.5. The molecule has 2 rings (SSSR count). The van der Waals surface area contributed by atoms with Gasteiger partial charge in [-0.25, -0.2) is 4.98 Å². The number of carbonyl (C=O) groups is 1. The first-order valence-corrected chi connectivity index (χ1v) is 8.58. The third-order valence-corrected chi connectivity index (χ3v) is 4.31. The first-order valence-electron chi connectivity index (χ1n) is 8.58. The molecule has 1 amide bonds. The molecule has 0 fully saturated rings. The summed E-state index contributed by atoms with van der Waals surface area (Å²) in [5.74, 6) is 1.18. The molecular weight excluding hydrogens is 300 g/mol. The first-order chi connectivity index (χ1) is 11.6. The van der Waals surface area contributed by atoms with Gasteiger partial charge in [-0.1, -0.05) is 26.0 Å². The van der Waals surface area contributed by atoms with Crippen LogP contribution < -0.4 is 4.74 Å². The van der Waals surface area contributed by atoms with Crippen molar-refractivity contribution in [2.24, 2.45) is 0 Å². The SMILES string of the molecule is CCC(C)N(C(=O)c1cccc(Oc2ccccn2)c1)C(C)CC. The molecule has 0 saturated carbocycles. The second-order valence-corrected chi connectivity index (χ2v) is 6.02. The molecule has 2 aromatic rings. The molecule has 0 radical (unpaired) electrons. The van der Waals surface area contributed by atoms with Crippen LogP contribution in [-0.2, 0) is 0 Å². The lowest BCUT2D eigenvalue weighted by atomic mass is 10.1. The molecule has 128 valence electrons. The predicted octanol–water partition coefficient (Wildman–Crippen LogP) is 4.91. The zero-order valence-electron chi connectivity index (χ0n) is 14.9. The van der Waals surface area contributed by atoms with Crippen LogP contribution in [0, 0.1) is 0 Å². The van der Waals surface area contributed by atoms with E-state index in [1.54, 1.807) is 18.3 Å². The van der Waals surface area contributed by atoms with Crippen LogP contribution in [-0.4, -0.2) is 27.9 Å². The van der Waals surface area contributed by atoms with Crippen molar-refractivity contribution in [3.8, 4) is 11.6 Å². The van der Waals surface area contributed by atoms with Crippen molar-refractivity contribution < 1.29 is 9.53 Å². The summed E-state index contributed by atoms with van der Waals surface area (Å²) >= 11 is 0. The van der Waals surface area contributed by atoms with E-state index >= 15 is 0 Å². The molecular formula is C20H26N2O2. The van der Waals surface area contributed by atoms with Gasteiger partial charge >= 0.3 is 0 Å². The van der Waals surface area contributed by atoms with Crippen LogP contribution in [0.2, 0.25) is 0 Å². The molecule has 2 atom stereocenters. The average molecular weight is 326 g/mol. The summed E-state index contributed by atoms with van der Waals surface area (Å²) in [5.41, 5.74) is 0.643. The fourth-order valence-corrected chi connectivity index (χ4v) is 2.60. The molecule has 0 aliphatic heterocycles. The van der Waals surface area contributed by atoms with Crippen molar-refractivity contribution in [3.05, 3.63) is 54.2 Å². The Kier molecular flexibility index (Phi) is 6.36. The van der Waals surface area contributed by atoms with Crippen molar-refractivity contribution in [2.45, 2.75) is 52.6 Å². The van der Waals surface area contributed by atoms with Crippen LogP contribution in [0.4, 0.5) is 0 Å². The van der Waals surface area contributed by atoms with Gasteiger partial charge in [-0.3, -0.25) is 4.79 Å². The van der Waals surface area contributed by atoms with Gasteiger partial charge in [-0.05, 0) is 51.0 Å². The zero-order chi connectivity index (χ0) is 17.5. The fraction of sp³-hybridized carbons (Fsp3) is 0.400. The Hall–Kier alpha value is -2.36. The Balaban J connectivity index is 2.24. The second kappa shape index (κ2) is 8.48. The number of benzene rings is 1. The number of hydrogen-bond acceptors (Lipinski definition) is 3. The largest absolute Gasteiger partial charge is 0.439 e. The highest BCUT2D eigenvalue weighted by Crippen LogP contribution is 2.23. The molecule has 0 aliphatic carbocycles. The van der Waals surface area contributed by atoms with Crippen molar-refractivity contribution >= 4 is 5.91 Å². The third kappa shape index (κ3) is 4.34. The summed E-state index contributed by atoms with van der Waals surface area (Å²) in [6.07, 6.45) is 3.54. The molecule has 4 nitrogen and oxygen atoms in total. The zero-order valence-corrected chi connectivity index (χ0v) is 14.9. The second-order valence-electron chi connectivity index (χ2n) is 6.02. The van der Waals surface area contributed by atoms with E-state index in [1.165, 1.54) is 0 Å². The Morgan fingerprint density at radius 2 is 1.79 bits per heavy atom. The Bertz CT molecular complexity index is 648. The lowest BCUT2D eigenvalue weighted by molar-refractivity contribution is 0.0598. The minimum absolute atomic E-state index is 0.0465. The summed E-state index contributed by atoms with van der Waals surface area (Å²) < 4.78 is 5.74. The normalized spacial score (nSPS) is 13.2. The van der Waals surface area contributed by atoms with E-state index in [9.17, 15) is 4.79 Å². The summed E-state index contributed by atoms with van der Waals surface area (Å²) in [7, 11) is 0. The number of rotatable bonds is 7. The third-order valence-electron chi connectivity index (χ3n) is 4.31.